The van der Waals surface area contributed by atoms with Crippen molar-refractivity contribution in [3.8, 4) is 0 Å². The van der Waals surface area contributed by atoms with Gasteiger partial charge >= 0.3 is 0 Å². The first-order chi connectivity index (χ1) is 14.9. The van der Waals surface area contributed by atoms with E-state index >= 15 is 0 Å². The summed E-state index contributed by atoms with van der Waals surface area (Å²) in [6.45, 7) is -0.689. The third-order valence-electron chi connectivity index (χ3n) is 5.19. The minimum absolute atomic E-state index is 0.0119. The lowest BCUT2D eigenvalue weighted by Gasteiger charge is -2.18. The summed E-state index contributed by atoms with van der Waals surface area (Å²) < 4.78 is 41.2. The van der Waals surface area contributed by atoms with Crippen LogP contribution in [0.2, 0.25) is 0 Å². The first-order valence-corrected chi connectivity index (χ1v) is 9.51. The molecule has 1 aromatic carbocycles. The third-order valence-corrected chi connectivity index (χ3v) is 5.19. The number of nitrogens with one attached hydrogen (secondary N) is 3. The van der Waals surface area contributed by atoms with Gasteiger partial charge in [-0.05, 0) is 18.2 Å². The molecule has 2 aromatic heterocycles. The van der Waals surface area contributed by atoms with E-state index in [9.17, 15) is 28.2 Å². The largest absolute Gasteiger partial charge is 0.394 e. The Morgan fingerprint density at radius 1 is 1.29 bits per heavy atom. The van der Waals surface area contributed by atoms with E-state index < -0.39 is 48.5 Å². The summed E-state index contributed by atoms with van der Waals surface area (Å²) in [5.41, 5.74) is -0.195. The van der Waals surface area contributed by atoms with Gasteiger partial charge in [0.05, 0.1) is 30.2 Å². The van der Waals surface area contributed by atoms with Crippen LogP contribution in [-0.2, 0) is 0 Å². The van der Waals surface area contributed by atoms with Crippen molar-refractivity contribution in [3.63, 3.8) is 0 Å². The number of rotatable bonds is 6. The Morgan fingerprint density at radius 2 is 2.10 bits per heavy atom. The number of hydrogen-bond donors (Lipinski definition) is 5. The van der Waals surface area contributed by atoms with Crippen LogP contribution in [0.1, 0.15) is 34.9 Å². The molecule has 0 radical (unpaired) electrons. The van der Waals surface area contributed by atoms with Gasteiger partial charge in [-0.3, -0.25) is 9.89 Å². The Balaban J connectivity index is 1.63. The molecule has 164 valence electrons. The predicted molar refractivity (Wildman–Crippen MR) is 103 cm³/mol. The van der Waals surface area contributed by atoms with Gasteiger partial charge in [-0.2, -0.15) is 5.10 Å². The number of hydrogen-bond acceptors (Lipinski definition) is 7. The Morgan fingerprint density at radius 3 is 2.81 bits per heavy atom. The van der Waals surface area contributed by atoms with Crippen molar-refractivity contribution < 1.29 is 28.2 Å². The highest BCUT2D eigenvalue weighted by Crippen LogP contribution is 2.29. The zero-order chi connectivity index (χ0) is 22.1. The van der Waals surface area contributed by atoms with Crippen molar-refractivity contribution in [2.45, 2.75) is 37.2 Å². The van der Waals surface area contributed by atoms with Crippen LogP contribution in [0.25, 0.3) is 11.0 Å². The number of aliphatic hydroxyl groups is 2. The van der Waals surface area contributed by atoms with Gasteiger partial charge in [-0.25, -0.2) is 23.1 Å². The molecule has 0 saturated heterocycles. The van der Waals surface area contributed by atoms with Crippen LogP contribution in [0.3, 0.4) is 0 Å². The van der Waals surface area contributed by atoms with Crippen LogP contribution in [0.15, 0.2) is 24.5 Å². The molecule has 9 nitrogen and oxygen atoms in total. The Kier molecular flexibility index (Phi) is 5.74. The summed E-state index contributed by atoms with van der Waals surface area (Å²) in [5.74, 6) is -2.15. The van der Waals surface area contributed by atoms with Gasteiger partial charge in [-0.15, -0.1) is 0 Å². The number of carbonyl (C=O) groups excluding carboxylic acids is 1. The van der Waals surface area contributed by atoms with Gasteiger partial charge in [-0.1, -0.05) is 0 Å². The highest BCUT2D eigenvalue weighted by molar-refractivity contribution is 6.07. The quantitative estimate of drug-likeness (QED) is 0.394. The molecule has 1 aliphatic carbocycles. The van der Waals surface area contributed by atoms with E-state index in [0.717, 1.165) is 18.2 Å². The third kappa shape index (κ3) is 4.16. The molecule has 3 aromatic rings. The summed E-state index contributed by atoms with van der Waals surface area (Å²) in [4.78, 5) is 20.9. The monoisotopic (exact) mass is 436 g/mol. The van der Waals surface area contributed by atoms with Gasteiger partial charge in [0, 0.05) is 18.4 Å². The standard InChI is InChI=1S/C19H19F3N6O3/c20-8-1-2-11(22)10(3-8)13(6-29)26-19(31)16-15-17(23-7-24-18(15)28-27-16)25-12-4-9(21)5-14(12)30/h1-3,7,9,12-14,29-30H,4-6H2,(H,26,31)(H2,23,24,25,27,28)/t9-,12-,13+,14-/m0/s1. The van der Waals surface area contributed by atoms with Crippen molar-refractivity contribution in [2.24, 2.45) is 0 Å². The SMILES string of the molecule is O=C(N[C@H](CO)c1cc(F)ccc1F)c1[nH]nc2ncnc(N[C@H]3C[C@H](F)C[C@@H]3O)c12. The normalized spacial score (nSPS) is 21.9. The van der Waals surface area contributed by atoms with Crippen LogP contribution >= 0.6 is 0 Å². The van der Waals surface area contributed by atoms with E-state index in [-0.39, 0.29) is 41.0 Å². The summed E-state index contributed by atoms with van der Waals surface area (Å²) >= 11 is 0. The predicted octanol–water partition coefficient (Wildman–Crippen LogP) is 1.37. The number of nitrogens with zero attached hydrogens (tertiary/aromatic N) is 3. The molecule has 1 aliphatic rings. The maximum atomic E-state index is 14.1. The molecular formula is C19H19F3N6O3. The number of anilines is 1. The van der Waals surface area contributed by atoms with E-state index in [2.05, 4.69) is 30.8 Å². The number of aliphatic hydroxyl groups excluding tert-OH is 2. The van der Waals surface area contributed by atoms with Crippen molar-refractivity contribution in [1.82, 2.24) is 25.5 Å². The fraction of sp³-hybridized carbons (Fsp3) is 0.368. The fourth-order valence-electron chi connectivity index (χ4n) is 3.65. The van der Waals surface area contributed by atoms with Gasteiger partial charge in [0.1, 0.15) is 35.6 Å². The second-order valence-electron chi connectivity index (χ2n) is 7.28. The average molecular weight is 436 g/mol. The molecule has 31 heavy (non-hydrogen) atoms. The summed E-state index contributed by atoms with van der Waals surface area (Å²) in [7, 11) is 0. The summed E-state index contributed by atoms with van der Waals surface area (Å²) in [5, 5.41) is 31.6. The van der Waals surface area contributed by atoms with E-state index in [1.807, 2.05) is 0 Å². The molecule has 0 unspecified atom stereocenters. The van der Waals surface area contributed by atoms with Gasteiger partial charge in [0.15, 0.2) is 5.65 Å². The van der Waals surface area contributed by atoms with E-state index in [4.69, 9.17) is 0 Å². The molecule has 0 bridgehead atoms. The van der Waals surface area contributed by atoms with Gasteiger partial charge in [0.25, 0.3) is 5.91 Å². The molecule has 0 spiro atoms. The maximum Gasteiger partial charge on any atom is 0.270 e. The zero-order valence-electron chi connectivity index (χ0n) is 16.0. The number of alkyl halides is 1. The Hall–Kier alpha value is -3.25. The van der Waals surface area contributed by atoms with Crippen LogP contribution in [0.4, 0.5) is 19.0 Å². The molecular weight excluding hydrogens is 417 g/mol. The summed E-state index contributed by atoms with van der Waals surface area (Å²) in [6.07, 6.45) is -0.845. The number of fused-ring (bicyclic) bond motifs is 1. The van der Waals surface area contributed by atoms with Crippen molar-refractivity contribution in [2.75, 3.05) is 11.9 Å². The molecule has 0 aliphatic heterocycles. The smallest absolute Gasteiger partial charge is 0.270 e. The Bertz CT molecular complexity index is 1110. The molecule has 12 heteroatoms. The second kappa shape index (κ2) is 8.47. The molecule has 1 saturated carbocycles. The van der Waals surface area contributed by atoms with Gasteiger partial charge < -0.3 is 20.8 Å². The molecule has 1 fully saturated rings. The number of aromatic nitrogens is 4. The van der Waals surface area contributed by atoms with E-state index in [1.54, 1.807) is 0 Å². The van der Waals surface area contributed by atoms with E-state index in [0.29, 0.717) is 0 Å². The fourth-order valence-corrected chi connectivity index (χ4v) is 3.65. The minimum atomic E-state index is -1.23. The zero-order valence-corrected chi connectivity index (χ0v) is 16.0. The summed E-state index contributed by atoms with van der Waals surface area (Å²) in [6, 6.07) is 0.849. The van der Waals surface area contributed by atoms with E-state index in [1.165, 1.54) is 6.33 Å². The van der Waals surface area contributed by atoms with Crippen LogP contribution < -0.4 is 10.6 Å². The first kappa shape index (κ1) is 21.0. The minimum Gasteiger partial charge on any atom is -0.394 e. The number of carbonyl (C=O) groups is 1. The van der Waals surface area contributed by atoms with Crippen LogP contribution in [-0.4, -0.2) is 61.2 Å². The molecule has 4 rings (SSSR count). The van der Waals surface area contributed by atoms with Crippen molar-refractivity contribution in [1.29, 1.82) is 0 Å². The number of H-pyrrole nitrogens is 1. The number of aromatic amines is 1. The number of amides is 1. The highest BCUT2D eigenvalue weighted by atomic mass is 19.1. The average Bonchev–Trinajstić information content (AvgIpc) is 3.31. The maximum absolute atomic E-state index is 14.1. The lowest BCUT2D eigenvalue weighted by atomic mass is 10.1. The second-order valence-corrected chi connectivity index (χ2v) is 7.28. The Labute approximate surface area is 173 Å². The molecule has 1 amide bonds. The van der Waals surface area contributed by atoms with Gasteiger partial charge in [0.2, 0.25) is 0 Å². The molecule has 4 atom stereocenters. The lowest BCUT2D eigenvalue weighted by Crippen LogP contribution is -2.32. The lowest BCUT2D eigenvalue weighted by molar-refractivity contribution is 0.0911. The molecule has 5 N–H and O–H groups in total. The first-order valence-electron chi connectivity index (χ1n) is 9.51. The highest BCUT2D eigenvalue weighted by Gasteiger charge is 2.34. The van der Waals surface area contributed by atoms with Crippen LogP contribution in [0, 0.1) is 11.6 Å². The number of benzene rings is 1. The molecule has 2 heterocycles. The van der Waals surface area contributed by atoms with Crippen molar-refractivity contribution in [3.05, 3.63) is 47.4 Å². The topological polar surface area (TPSA) is 136 Å². The number of halogens is 3. The van der Waals surface area contributed by atoms with Crippen molar-refractivity contribution >= 4 is 22.8 Å². The van der Waals surface area contributed by atoms with Crippen LogP contribution in [0.5, 0.6) is 0 Å².